The van der Waals surface area contributed by atoms with E-state index < -0.39 is 21.9 Å². The van der Waals surface area contributed by atoms with Crippen molar-refractivity contribution < 1.29 is 31.9 Å². The number of hydrogen-bond donors (Lipinski definition) is 2. The number of nitrogens with zero attached hydrogens (tertiary/aromatic N) is 4. The average Bonchev–Trinajstić information content (AvgIpc) is 3.45. The third-order valence-electron chi connectivity index (χ3n) is 8.61. The van der Waals surface area contributed by atoms with Gasteiger partial charge in [0.1, 0.15) is 11.0 Å². The van der Waals surface area contributed by atoms with Gasteiger partial charge in [-0.25, -0.2) is 22.2 Å². The number of anilines is 2. The number of carbonyl (C=O) groups is 2. The lowest BCUT2D eigenvalue weighted by Crippen LogP contribution is -2.49. The summed E-state index contributed by atoms with van der Waals surface area (Å²) >= 11 is 6.20. The molecule has 43 heavy (non-hydrogen) atoms. The van der Waals surface area contributed by atoms with E-state index in [9.17, 15) is 18.0 Å². The van der Waals surface area contributed by atoms with Gasteiger partial charge >= 0.3 is 0 Å². The monoisotopic (exact) mass is 639 g/mol. The number of carbonyl (C=O) groups excluding carboxylic acids is 2. The van der Waals surface area contributed by atoms with Gasteiger partial charge < -0.3 is 20.2 Å². The first kappa shape index (κ1) is 31.6. The van der Waals surface area contributed by atoms with Gasteiger partial charge in [0.25, 0.3) is 5.92 Å². The molecular formula is C29H36ClF2N5O5S. The SMILES string of the molecule is O=C(NCCO)C1CCC(C(F)(F)c2cc(Cl)nc(N3CCN(S(=O)(=O)c4ccc(N5CCCC5=O)cc4)CC3)c2)CC1. The molecule has 2 aromatic rings. The summed E-state index contributed by atoms with van der Waals surface area (Å²) in [4.78, 5) is 32.0. The first-order valence-corrected chi connectivity index (χ1v) is 16.4. The van der Waals surface area contributed by atoms with Gasteiger partial charge in [0.2, 0.25) is 21.8 Å². The maximum absolute atomic E-state index is 15.7. The summed E-state index contributed by atoms with van der Waals surface area (Å²) in [6, 6.07) is 8.79. The first-order valence-electron chi connectivity index (χ1n) is 14.6. The Balaban J connectivity index is 1.22. The van der Waals surface area contributed by atoms with E-state index in [1.165, 1.54) is 28.6 Å². The van der Waals surface area contributed by atoms with Gasteiger partial charge in [-0.3, -0.25) is 9.59 Å². The highest BCUT2D eigenvalue weighted by Gasteiger charge is 2.44. The number of nitrogens with one attached hydrogen (secondary N) is 1. The number of hydrogen-bond acceptors (Lipinski definition) is 7. The number of aliphatic hydroxyl groups is 1. The van der Waals surface area contributed by atoms with E-state index in [-0.39, 0.29) is 91.3 Å². The molecular weight excluding hydrogens is 604 g/mol. The summed E-state index contributed by atoms with van der Waals surface area (Å²) in [5.41, 5.74) is 0.421. The van der Waals surface area contributed by atoms with Crippen molar-refractivity contribution >= 4 is 44.9 Å². The molecule has 14 heteroatoms. The molecule has 1 aromatic heterocycles. The second-order valence-corrected chi connectivity index (χ2v) is 13.6. The molecule has 2 aliphatic heterocycles. The van der Waals surface area contributed by atoms with E-state index in [1.54, 1.807) is 21.9 Å². The van der Waals surface area contributed by atoms with Crippen molar-refractivity contribution in [1.82, 2.24) is 14.6 Å². The fourth-order valence-electron chi connectivity index (χ4n) is 6.14. The molecule has 1 saturated carbocycles. The Morgan fingerprint density at radius 1 is 1.05 bits per heavy atom. The second-order valence-electron chi connectivity index (χ2n) is 11.3. The highest BCUT2D eigenvalue weighted by atomic mass is 35.5. The van der Waals surface area contributed by atoms with Crippen LogP contribution in [0.15, 0.2) is 41.3 Å². The van der Waals surface area contributed by atoms with Gasteiger partial charge in [-0.15, -0.1) is 0 Å². The molecule has 1 aliphatic carbocycles. The molecule has 2 saturated heterocycles. The first-order chi connectivity index (χ1) is 20.5. The molecule has 3 fully saturated rings. The Morgan fingerprint density at radius 2 is 1.72 bits per heavy atom. The van der Waals surface area contributed by atoms with Crippen molar-refractivity contribution in [3.63, 3.8) is 0 Å². The van der Waals surface area contributed by atoms with Gasteiger partial charge in [0.15, 0.2) is 0 Å². The molecule has 0 radical (unpaired) electrons. The van der Waals surface area contributed by atoms with E-state index in [0.29, 0.717) is 31.5 Å². The summed E-state index contributed by atoms with van der Waals surface area (Å²) in [7, 11) is -3.80. The molecule has 0 unspecified atom stereocenters. The van der Waals surface area contributed by atoms with Crippen LogP contribution in [0.2, 0.25) is 5.15 Å². The van der Waals surface area contributed by atoms with Crippen LogP contribution in [0.1, 0.15) is 44.1 Å². The molecule has 0 bridgehead atoms. The number of amides is 2. The van der Waals surface area contributed by atoms with Crippen LogP contribution >= 0.6 is 11.6 Å². The molecule has 0 spiro atoms. The van der Waals surface area contributed by atoms with Gasteiger partial charge in [0, 0.05) is 68.8 Å². The number of benzene rings is 1. The van der Waals surface area contributed by atoms with Crippen molar-refractivity contribution in [1.29, 1.82) is 0 Å². The highest BCUT2D eigenvalue weighted by Crippen LogP contribution is 2.46. The summed E-state index contributed by atoms with van der Waals surface area (Å²) < 4.78 is 59.4. The zero-order valence-electron chi connectivity index (χ0n) is 23.7. The Hall–Kier alpha value is -2.87. The second kappa shape index (κ2) is 13.0. The van der Waals surface area contributed by atoms with Crippen LogP contribution in [0.3, 0.4) is 0 Å². The van der Waals surface area contributed by atoms with Crippen LogP contribution in [0.25, 0.3) is 0 Å². The highest BCUT2D eigenvalue weighted by molar-refractivity contribution is 7.89. The van der Waals surface area contributed by atoms with Crippen LogP contribution in [0, 0.1) is 11.8 Å². The minimum atomic E-state index is -3.80. The summed E-state index contributed by atoms with van der Waals surface area (Å²) in [6.07, 6.45) is 2.27. The van der Waals surface area contributed by atoms with Crippen LogP contribution in [-0.4, -0.2) is 80.5 Å². The van der Waals surface area contributed by atoms with Crippen molar-refractivity contribution in [2.24, 2.45) is 11.8 Å². The van der Waals surface area contributed by atoms with Gasteiger partial charge in [-0.05, 0) is 68.5 Å². The lowest BCUT2D eigenvalue weighted by atomic mass is 9.77. The lowest BCUT2D eigenvalue weighted by Gasteiger charge is -2.36. The van der Waals surface area contributed by atoms with E-state index >= 15 is 8.78 Å². The van der Waals surface area contributed by atoms with Gasteiger partial charge in [-0.2, -0.15) is 4.31 Å². The molecule has 234 valence electrons. The topological polar surface area (TPSA) is 123 Å². The molecule has 2 N–H and O–H groups in total. The van der Waals surface area contributed by atoms with Gasteiger partial charge in [-0.1, -0.05) is 11.6 Å². The van der Waals surface area contributed by atoms with Crippen molar-refractivity contribution in [3.05, 3.63) is 47.1 Å². The van der Waals surface area contributed by atoms with E-state index in [1.807, 2.05) is 0 Å². The molecule has 5 rings (SSSR count). The van der Waals surface area contributed by atoms with Gasteiger partial charge in [0.05, 0.1) is 11.5 Å². The predicted molar refractivity (Wildman–Crippen MR) is 158 cm³/mol. The number of rotatable bonds is 9. The third-order valence-corrected chi connectivity index (χ3v) is 10.7. The van der Waals surface area contributed by atoms with E-state index in [2.05, 4.69) is 10.3 Å². The fraction of sp³-hybridized carbons (Fsp3) is 0.552. The Kier molecular flexibility index (Phi) is 9.55. The lowest BCUT2D eigenvalue weighted by molar-refractivity contribution is -0.129. The number of halogens is 3. The quantitative estimate of drug-likeness (QED) is 0.403. The Morgan fingerprint density at radius 3 is 2.33 bits per heavy atom. The molecule has 2 amide bonds. The van der Waals surface area contributed by atoms with Crippen LogP contribution in [0.5, 0.6) is 0 Å². The van der Waals surface area contributed by atoms with Crippen molar-refractivity contribution in [2.75, 3.05) is 55.7 Å². The van der Waals surface area contributed by atoms with Crippen molar-refractivity contribution in [2.45, 2.75) is 49.3 Å². The molecule has 3 heterocycles. The summed E-state index contributed by atoms with van der Waals surface area (Å²) in [6.45, 7) is 1.34. The number of aliphatic hydroxyl groups excluding tert-OH is 1. The smallest absolute Gasteiger partial charge is 0.276 e. The zero-order chi connectivity index (χ0) is 30.8. The number of aromatic nitrogens is 1. The minimum absolute atomic E-state index is 0.0222. The Labute approximate surface area is 255 Å². The number of pyridine rings is 1. The average molecular weight is 640 g/mol. The number of sulfonamides is 1. The molecule has 3 aliphatic rings. The third kappa shape index (κ3) is 6.79. The van der Waals surface area contributed by atoms with Crippen molar-refractivity contribution in [3.8, 4) is 0 Å². The zero-order valence-corrected chi connectivity index (χ0v) is 25.3. The molecule has 1 aromatic carbocycles. The number of piperazine rings is 1. The molecule has 10 nitrogen and oxygen atoms in total. The van der Waals surface area contributed by atoms with Crippen LogP contribution in [-0.2, 0) is 25.5 Å². The maximum atomic E-state index is 15.7. The Bertz CT molecular complexity index is 1430. The van der Waals surface area contributed by atoms with Crippen LogP contribution < -0.4 is 15.1 Å². The van der Waals surface area contributed by atoms with E-state index in [4.69, 9.17) is 16.7 Å². The van der Waals surface area contributed by atoms with Crippen LogP contribution in [0.4, 0.5) is 20.3 Å². The number of alkyl halides is 2. The summed E-state index contributed by atoms with van der Waals surface area (Å²) in [5, 5.41) is 11.4. The van der Waals surface area contributed by atoms with E-state index in [0.717, 1.165) is 6.42 Å². The molecule has 0 atom stereocenters. The largest absolute Gasteiger partial charge is 0.395 e. The summed E-state index contributed by atoms with van der Waals surface area (Å²) in [5.74, 6) is -4.44. The minimum Gasteiger partial charge on any atom is -0.395 e. The standard InChI is InChI=1S/C29H36ClF2N5O5S/c30-25-18-22(29(31,32)21-5-3-20(4-6-21)28(40)33-11-17-38)19-26(34-25)35-13-15-36(16-14-35)43(41,42)24-9-7-23(8-10-24)37-12-1-2-27(37)39/h7-10,18-21,38H,1-6,11-17H2,(H,33,40). The fourth-order valence-corrected chi connectivity index (χ4v) is 7.77. The predicted octanol–water partition coefficient (Wildman–Crippen LogP) is 3.38. The maximum Gasteiger partial charge on any atom is 0.276 e. The normalized spacial score (nSPS) is 22.2.